The van der Waals surface area contributed by atoms with E-state index in [-0.39, 0.29) is 12.2 Å². The number of rotatable bonds is 5. The number of aromatic amines is 1. The number of hydrogen-bond acceptors (Lipinski definition) is 5. The monoisotopic (exact) mass is 495 g/mol. The molecule has 3 heterocycles. The molecule has 1 aromatic heterocycles. The summed E-state index contributed by atoms with van der Waals surface area (Å²) >= 11 is 0. The lowest BCUT2D eigenvalue weighted by Crippen LogP contribution is -2.57. The molecule has 0 saturated carbocycles. The quantitative estimate of drug-likeness (QED) is 0.313. The van der Waals surface area contributed by atoms with Crippen molar-refractivity contribution in [3.05, 3.63) is 95.7 Å². The van der Waals surface area contributed by atoms with E-state index in [0.717, 1.165) is 26.9 Å². The van der Waals surface area contributed by atoms with Gasteiger partial charge in [-0.25, -0.2) is 4.90 Å². The van der Waals surface area contributed by atoms with Crippen LogP contribution in [0.25, 0.3) is 10.9 Å². The Bertz CT molecular complexity index is 1580. The first-order valence-electron chi connectivity index (χ1n) is 12.1. The molecule has 4 atom stereocenters. The number of phenolic OH excluding ortho intramolecular Hbond substituents is 1. The summed E-state index contributed by atoms with van der Waals surface area (Å²) in [6.45, 7) is 1.86. The Morgan fingerprint density at radius 1 is 1.00 bits per heavy atom. The van der Waals surface area contributed by atoms with Crippen LogP contribution in [-0.4, -0.2) is 38.5 Å². The summed E-state index contributed by atoms with van der Waals surface area (Å²) in [7, 11) is 0. The summed E-state index contributed by atoms with van der Waals surface area (Å²) in [5.74, 6) is -4.53. The summed E-state index contributed by atoms with van der Waals surface area (Å²) in [5, 5.41) is 25.4. The third kappa shape index (κ3) is 3.37. The number of aromatic hydroxyl groups is 1. The van der Waals surface area contributed by atoms with Crippen LogP contribution in [0.4, 0.5) is 5.69 Å². The van der Waals surface area contributed by atoms with E-state index in [4.69, 9.17) is 0 Å². The average molecular weight is 496 g/mol. The van der Waals surface area contributed by atoms with Gasteiger partial charge in [0.1, 0.15) is 11.3 Å². The van der Waals surface area contributed by atoms with Crippen LogP contribution in [-0.2, 0) is 20.8 Å². The second-order valence-electron chi connectivity index (χ2n) is 9.85. The molecule has 3 aromatic carbocycles. The summed E-state index contributed by atoms with van der Waals surface area (Å²) in [4.78, 5) is 45.3. The van der Waals surface area contributed by atoms with E-state index in [0.29, 0.717) is 11.3 Å². The van der Waals surface area contributed by atoms with Gasteiger partial charge in [-0.05, 0) is 42.3 Å². The molecule has 2 aliphatic heterocycles. The molecule has 2 amide bonds. The first-order valence-corrected chi connectivity index (χ1v) is 12.1. The van der Waals surface area contributed by atoms with Crippen LogP contribution in [0.2, 0.25) is 0 Å². The molecule has 4 N–H and O–H groups in total. The highest BCUT2D eigenvalue weighted by atomic mass is 16.4. The van der Waals surface area contributed by atoms with Gasteiger partial charge in [-0.1, -0.05) is 48.5 Å². The number of hydrogen-bond donors (Lipinski definition) is 4. The number of aryl methyl sites for hydroxylation is 1. The number of phenols is 1. The molecule has 0 aliphatic carbocycles. The molecule has 2 saturated heterocycles. The van der Waals surface area contributed by atoms with Gasteiger partial charge in [-0.3, -0.25) is 19.7 Å². The van der Waals surface area contributed by atoms with Crippen molar-refractivity contribution in [3.63, 3.8) is 0 Å². The fourth-order valence-corrected chi connectivity index (χ4v) is 6.06. The molecule has 37 heavy (non-hydrogen) atoms. The average Bonchev–Trinajstić information content (AvgIpc) is 3.52. The molecule has 186 valence electrons. The molecular weight excluding hydrogens is 470 g/mol. The number of H-pyrrole nitrogens is 1. The van der Waals surface area contributed by atoms with Crippen LogP contribution < -0.4 is 10.2 Å². The molecule has 0 spiro atoms. The van der Waals surface area contributed by atoms with E-state index in [1.165, 1.54) is 6.07 Å². The predicted molar refractivity (Wildman–Crippen MR) is 137 cm³/mol. The van der Waals surface area contributed by atoms with Crippen molar-refractivity contribution in [1.29, 1.82) is 0 Å². The number of carboxylic acids is 1. The normalized spacial score (nSPS) is 25.1. The van der Waals surface area contributed by atoms with Crippen LogP contribution in [0.3, 0.4) is 0 Å². The van der Waals surface area contributed by atoms with Crippen molar-refractivity contribution in [1.82, 2.24) is 10.3 Å². The number of amides is 2. The van der Waals surface area contributed by atoms with Crippen molar-refractivity contribution in [2.45, 2.75) is 24.9 Å². The van der Waals surface area contributed by atoms with Crippen LogP contribution in [0.15, 0.2) is 79.0 Å². The lowest BCUT2D eigenvalue weighted by Gasteiger charge is -2.31. The van der Waals surface area contributed by atoms with E-state index in [9.17, 15) is 24.6 Å². The molecule has 0 radical (unpaired) electrons. The van der Waals surface area contributed by atoms with Crippen molar-refractivity contribution in [2.75, 3.05) is 4.90 Å². The second kappa shape index (κ2) is 8.31. The van der Waals surface area contributed by atoms with E-state index in [2.05, 4.69) is 10.3 Å². The van der Waals surface area contributed by atoms with Gasteiger partial charge < -0.3 is 15.2 Å². The smallest absolute Gasteiger partial charge is 0.325 e. The zero-order chi connectivity index (χ0) is 25.9. The third-order valence-corrected chi connectivity index (χ3v) is 7.71. The number of aliphatic carboxylic acids is 1. The molecule has 6 rings (SSSR count). The Morgan fingerprint density at radius 2 is 1.76 bits per heavy atom. The molecule has 0 bridgehead atoms. The van der Waals surface area contributed by atoms with Gasteiger partial charge in [-0.15, -0.1) is 0 Å². The van der Waals surface area contributed by atoms with Crippen LogP contribution in [0.1, 0.15) is 22.7 Å². The predicted octanol–water partition coefficient (Wildman–Crippen LogP) is 3.70. The number of aromatic nitrogens is 1. The Hall–Kier alpha value is -4.43. The maximum atomic E-state index is 14.0. The molecule has 4 aromatic rings. The Labute approximate surface area is 212 Å². The third-order valence-electron chi connectivity index (χ3n) is 7.71. The highest BCUT2D eigenvalue weighted by molar-refractivity contribution is 6.24. The summed E-state index contributed by atoms with van der Waals surface area (Å²) < 4.78 is 0. The molecule has 8 nitrogen and oxygen atoms in total. The summed E-state index contributed by atoms with van der Waals surface area (Å²) in [6, 6.07) is 20.2. The second-order valence-corrected chi connectivity index (χ2v) is 9.85. The minimum Gasteiger partial charge on any atom is -0.508 e. The zero-order valence-corrected chi connectivity index (χ0v) is 20.0. The number of para-hydroxylation sites is 2. The minimum atomic E-state index is -1.78. The van der Waals surface area contributed by atoms with Gasteiger partial charge >= 0.3 is 5.97 Å². The van der Waals surface area contributed by atoms with Gasteiger partial charge in [0.15, 0.2) is 0 Å². The van der Waals surface area contributed by atoms with Crippen molar-refractivity contribution < 1.29 is 24.6 Å². The Morgan fingerprint density at radius 3 is 2.51 bits per heavy atom. The number of nitrogens with one attached hydrogen (secondary N) is 2. The van der Waals surface area contributed by atoms with Gasteiger partial charge in [0.05, 0.1) is 17.5 Å². The maximum Gasteiger partial charge on any atom is 0.325 e. The zero-order valence-electron chi connectivity index (χ0n) is 20.0. The largest absolute Gasteiger partial charge is 0.508 e. The highest BCUT2D eigenvalue weighted by Crippen LogP contribution is 2.52. The summed E-state index contributed by atoms with van der Waals surface area (Å²) in [6.07, 6.45) is 1.72. The van der Waals surface area contributed by atoms with Gasteiger partial charge in [0, 0.05) is 35.1 Å². The lowest BCUT2D eigenvalue weighted by atomic mass is 9.76. The van der Waals surface area contributed by atoms with E-state index in [1.807, 2.05) is 37.3 Å². The number of benzene rings is 3. The van der Waals surface area contributed by atoms with Crippen molar-refractivity contribution >= 4 is 34.4 Å². The maximum absolute atomic E-state index is 14.0. The molecule has 8 heteroatoms. The first-order chi connectivity index (χ1) is 17.8. The van der Waals surface area contributed by atoms with E-state index < -0.39 is 41.2 Å². The number of carbonyl (C=O) groups is 3. The van der Waals surface area contributed by atoms with Crippen molar-refractivity contribution in [2.24, 2.45) is 11.8 Å². The Kier molecular flexibility index (Phi) is 5.17. The first kappa shape index (κ1) is 23.0. The molecular formula is C29H25N3O5. The number of carboxylic acid groups (broad SMARTS) is 1. The van der Waals surface area contributed by atoms with Crippen LogP contribution in [0.5, 0.6) is 5.75 Å². The SMILES string of the molecule is Cc1cccc(N2C(=O)[C@@H]3[C@H](c4ccccc4O)N[C@](Cc4c[nH]c5ccccc45)(C(=O)O)[C@H]3C2=O)c1. The molecule has 0 unspecified atom stereocenters. The highest BCUT2D eigenvalue weighted by Gasteiger charge is 2.69. The Balaban J connectivity index is 1.53. The number of fused-ring (bicyclic) bond motifs is 2. The summed E-state index contributed by atoms with van der Waals surface area (Å²) in [5.41, 5.74) is 1.44. The lowest BCUT2D eigenvalue weighted by molar-refractivity contribution is -0.148. The van der Waals surface area contributed by atoms with E-state index >= 15 is 0 Å². The van der Waals surface area contributed by atoms with E-state index in [1.54, 1.807) is 42.6 Å². The number of imide groups is 1. The number of anilines is 1. The number of carbonyl (C=O) groups excluding carboxylic acids is 2. The van der Waals surface area contributed by atoms with Crippen LogP contribution in [0, 0.1) is 18.8 Å². The molecule has 2 aliphatic rings. The standard InChI is InChI=1S/C29H25N3O5/c1-16-7-6-8-18(13-16)32-26(34)23-24(27(32)35)29(28(36)37,31-25(23)20-10-3-5-12-22(20)33)14-17-15-30-21-11-4-2-9-19(17)21/h2-13,15,23-25,30-31,33H,14H2,1H3,(H,36,37)/t23-,24+,25-,29-/m0/s1. The fourth-order valence-electron chi connectivity index (χ4n) is 6.06. The fraction of sp³-hybridized carbons (Fsp3) is 0.207. The van der Waals surface area contributed by atoms with Gasteiger partial charge in [0.2, 0.25) is 11.8 Å². The van der Waals surface area contributed by atoms with Gasteiger partial charge in [-0.2, -0.15) is 0 Å². The van der Waals surface area contributed by atoms with Crippen LogP contribution >= 0.6 is 0 Å². The minimum absolute atomic E-state index is 0.0295. The van der Waals surface area contributed by atoms with Gasteiger partial charge in [0.25, 0.3) is 0 Å². The topological polar surface area (TPSA) is 123 Å². The molecule has 2 fully saturated rings. The van der Waals surface area contributed by atoms with Crippen molar-refractivity contribution in [3.8, 4) is 5.75 Å². The number of nitrogens with zero attached hydrogens (tertiary/aromatic N) is 1.